The zero-order chi connectivity index (χ0) is 19.3. The number of nitrogens with zero attached hydrogens (tertiary/aromatic N) is 2. The third-order valence-electron chi connectivity index (χ3n) is 3.65. The lowest BCUT2D eigenvalue weighted by Gasteiger charge is -2.06. The number of nitriles is 1. The van der Waals surface area contributed by atoms with Crippen LogP contribution in [-0.4, -0.2) is 25.3 Å². The molecule has 0 fully saturated rings. The van der Waals surface area contributed by atoms with Crippen LogP contribution >= 0.6 is 0 Å². The number of hydrogen-bond donors (Lipinski definition) is 1. The molecule has 6 heteroatoms. The van der Waals surface area contributed by atoms with Crippen molar-refractivity contribution in [3.8, 4) is 17.6 Å². The third kappa shape index (κ3) is 7.61. The largest absolute Gasteiger partial charge is 0.494 e. The quantitative estimate of drug-likeness (QED) is 0.396. The van der Waals surface area contributed by atoms with Crippen LogP contribution in [0, 0.1) is 11.3 Å². The Kier molecular flexibility index (Phi) is 8.38. The molecule has 0 bridgehead atoms. The predicted molar refractivity (Wildman–Crippen MR) is 104 cm³/mol. The highest BCUT2D eigenvalue weighted by Gasteiger charge is 2.01. The molecule has 0 unspecified atom stereocenters. The van der Waals surface area contributed by atoms with E-state index in [9.17, 15) is 4.79 Å². The van der Waals surface area contributed by atoms with Gasteiger partial charge in [-0.15, -0.1) is 0 Å². The molecule has 140 valence electrons. The highest BCUT2D eigenvalue weighted by molar-refractivity contribution is 5.83. The summed E-state index contributed by atoms with van der Waals surface area (Å²) in [6.07, 6.45) is 4.94. The molecular formula is C21H23N3O3. The second-order valence-corrected chi connectivity index (χ2v) is 5.84. The van der Waals surface area contributed by atoms with Crippen molar-refractivity contribution in [2.24, 2.45) is 5.10 Å². The van der Waals surface area contributed by atoms with Crippen LogP contribution in [0.2, 0.25) is 0 Å². The van der Waals surface area contributed by atoms with Gasteiger partial charge in [-0.05, 0) is 60.5 Å². The van der Waals surface area contributed by atoms with E-state index in [1.54, 1.807) is 30.5 Å². The second-order valence-electron chi connectivity index (χ2n) is 5.84. The number of nitrogens with one attached hydrogen (secondary N) is 1. The number of carbonyl (C=O) groups excluding carboxylic acids is 1. The lowest BCUT2D eigenvalue weighted by Crippen LogP contribution is -2.24. The molecule has 0 spiro atoms. The number of carbonyl (C=O) groups is 1. The molecule has 0 atom stereocenters. The lowest BCUT2D eigenvalue weighted by atomic mass is 10.2. The van der Waals surface area contributed by atoms with E-state index in [0.717, 1.165) is 24.3 Å². The Bertz CT molecular complexity index is 778. The van der Waals surface area contributed by atoms with Crippen LogP contribution in [0.1, 0.15) is 37.3 Å². The van der Waals surface area contributed by atoms with Gasteiger partial charge in [-0.2, -0.15) is 10.4 Å². The summed E-state index contributed by atoms with van der Waals surface area (Å²) in [5, 5.41) is 12.6. The van der Waals surface area contributed by atoms with Gasteiger partial charge in [-0.1, -0.05) is 19.8 Å². The zero-order valence-corrected chi connectivity index (χ0v) is 15.4. The van der Waals surface area contributed by atoms with Crippen molar-refractivity contribution >= 4 is 12.1 Å². The molecule has 0 aliphatic rings. The molecule has 0 aromatic heterocycles. The molecule has 2 aromatic carbocycles. The minimum absolute atomic E-state index is 0.159. The number of amides is 1. The molecule has 6 nitrogen and oxygen atoms in total. The summed E-state index contributed by atoms with van der Waals surface area (Å²) in [4.78, 5) is 11.7. The van der Waals surface area contributed by atoms with Crippen LogP contribution in [0.4, 0.5) is 0 Å². The normalized spacial score (nSPS) is 10.4. The van der Waals surface area contributed by atoms with Gasteiger partial charge in [0.1, 0.15) is 11.5 Å². The van der Waals surface area contributed by atoms with E-state index in [-0.39, 0.29) is 12.5 Å². The van der Waals surface area contributed by atoms with E-state index in [1.165, 1.54) is 12.8 Å². The van der Waals surface area contributed by atoms with Gasteiger partial charge in [0.05, 0.1) is 24.5 Å². The highest BCUT2D eigenvalue weighted by atomic mass is 16.5. The molecule has 2 rings (SSSR count). The number of hydrazone groups is 1. The highest BCUT2D eigenvalue weighted by Crippen LogP contribution is 2.12. The molecule has 0 radical (unpaired) electrons. The van der Waals surface area contributed by atoms with Crippen LogP contribution in [-0.2, 0) is 4.79 Å². The topological polar surface area (TPSA) is 83.7 Å². The van der Waals surface area contributed by atoms with Crippen molar-refractivity contribution in [3.05, 3.63) is 59.7 Å². The molecular weight excluding hydrogens is 342 g/mol. The molecule has 0 aliphatic carbocycles. The van der Waals surface area contributed by atoms with E-state index in [0.29, 0.717) is 11.3 Å². The van der Waals surface area contributed by atoms with E-state index in [1.807, 2.05) is 30.3 Å². The molecule has 0 saturated heterocycles. The van der Waals surface area contributed by atoms with Crippen molar-refractivity contribution in [1.29, 1.82) is 5.26 Å². The zero-order valence-electron chi connectivity index (χ0n) is 15.4. The lowest BCUT2D eigenvalue weighted by molar-refractivity contribution is -0.123. The van der Waals surface area contributed by atoms with Crippen molar-refractivity contribution < 1.29 is 14.3 Å². The van der Waals surface area contributed by atoms with Gasteiger partial charge in [0.2, 0.25) is 0 Å². The summed E-state index contributed by atoms with van der Waals surface area (Å²) < 4.78 is 11.0. The Hall–Kier alpha value is -3.33. The summed E-state index contributed by atoms with van der Waals surface area (Å²) in [5.41, 5.74) is 3.80. The number of rotatable bonds is 10. The summed E-state index contributed by atoms with van der Waals surface area (Å²) >= 11 is 0. The molecule has 27 heavy (non-hydrogen) atoms. The minimum atomic E-state index is -0.369. The van der Waals surface area contributed by atoms with Crippen LogP contribution < -0.4 is 14.9 Å². The molecule has 2 aromatic rings. The molecule has 0 heterocycles. The fraction of sp³-hybridized carbons (Fsp3) is 0.286. The summed E-state index contributed by atoms with van der Waals surface area (Å²) in [6.45, 7) is 2.72. The van der Waals surface area contributed by atoms with E-state index >= 15 is 0 Å². The fourth-order valence-corrected chi connectivity index (χ4v) is 2.18. The first-order valence-corrected chi connectivity index (χ1v) is 8.89. The van der Waals surface area contributed by atoms with Crippen molar-refractivity contribution in [2.75, 3.05) is 13.2 Å². The molecule has 1 amide bonds. The van der Waals surface area contributed by atoms with Gasteiger partial charge < -0.3 is 9.47 Å². The van der Waals surface area contributed by atoms with Crippen LogP contribution in [0.15, 0.2) is 53.6 Å². The van der Waals surface area contributed by atoms with Gasteiger partial charge in [-0.3, -0.25) is 4.79 Å². The molecule has 1 N–H and O–H groups in total. The summed E-state index contributed by atoms with van der Waals surface area (Å²) in [6, 6.07) is 16.1. The third-order valence-corrected chi connectivity index (χ3v) is 3.65. The minimum Gasteiger partial charge on any atom is -0.494 e. The molecule has 0 saturated carbocycles. The Morgan fingerprint density at radius 1 is 1.07 bits per heavy atom. The Morgan fingerprint density at radius 2 is 1.74 bits per heavy atom. The maximum atomic E-state index is 11.7. The van der Waals surface area contributed by atoms with Gasteiger partial charge in [0.15, 0.2) is 6.61 Å². The van der Waals surface area contributed by atoms with Crippen LogP contribution in [0.5, 0.6) is 11.5 Å². The smallest absolute Gasteiger partial charge is 0.277 e. The number of unbranched alkanes of at least 4 members (excludes halogenated alkanes) is 2. The average molecular weight is 365 g/mol. The second kappa shape index (κ2) is 11.3. The van der Waals surface area contributed by atoms with Crippen LogP contribution in [0.25, 0.3) is 0 Å². The Morgan fingerprint density at radius 3 is 2.41 bits per heavy atom. The van der Waals surface area contributed by atoms with Crippen molar-refractivity contribution in [3.63, 3.8) is 0 Å². The SMILES string of the molecule is CCCCCOc1ccc(/C=N/NC(=O)COc2ccc(C#N)cc2)cc1. The van der Waals surface area contributed by atoms with E-state index < -0.39 is 0 Å². The first kappa shape index (κ1) is 20.0. The van der Waals surface area contributed by atoms with E-state index in [2.05, 4.69) is 17.5 Å². The van der Waals surface area contributed by atoms with E-state index in [4.69, 9.17) is 14.7 Å². The maximum absolute atomic E-state index is 11.7. The van der Waals surface area contributed by atoms with Crippen molar-refractivity contribution in [2.45, 2.75) is 26.2 Å². The average Bonchev–Trinajstić information content (AvgIpc) is 2.71. The van der Waals surface area contributed by atoms with Gasteiger partial charge >= 0.3 is 0 Å². The predicted octanol–water partition coefficient (Wildman–Crippen LogP) is 3.66. The summed E-state index contributed by atoms with van der Waals surface area (Å²) in [7, 11) is 0. The van der Waals surface area contributed by atoms with Gasteiger partial charge in [0.25, 0.3) is 5.91 Å². The number of hydrogen-bond acceptors (Lipinski definition) is 5. The monoisotopic (exact) mass is 365 g/mol. The molecule has 0 aliphatic heterocycles. The standard InChI is InChI=1S/C21H23N3O3/c1-2-3-4-13-26-19-11-7-18(8-12-19)15-23-24-21(25)16-27-20-9-5-17(14-22)6-10-20/h5-12,15H,2-4,13,16H2,1H3,(H,24,25)/b23-15+. The van der Waals surface area contributed by atoms with Crippen molar-refractivity contribution in [1.82, 2.24) is 5.43 Å². The fourth-order valence-electron chi connectivity index (χ4n) is 2.18. The first-order valence-electron chi connectivity index (χ1n) is 8.89. The Balaban J connectivity index is 1.70. The van der Waals surface area contributed by atoms with Gasteiger partial charge in [0, 0.05) is 0 Å². The Labute approximate surface area is 159 Å². The maximum Gasteiger partial charge on any atom is 0.277 e. The number of ether oxygens (including phenoxy) is 2. The van der Waals surface area contributed by atoms with Gasteiger partial charge in [-0.25, -0.2) is 5.43 Å². The van der Waals surface area contributed by atoms with Crippen LogP contribution in [0.3, 0.4) is 0 Å². The first-order chi connectivity index (χ1) is 13.2. The number of benzene rings is 2. The summed E-state index contributed by atoms with van der Waals surface area (Å²) in [5.74, 6) is 0.970.